The molecule has 2 aromatic rings. The first-order valence-electron chi connectivity index (χ1n) is 7.24. The van der Waals surface area contributed by atoms with Crippen molar-refractivity contribution in [1.29, 1.82) is 0 Å². The molecule has 0 spiro atoms. The molecule has 148 valence electrons. The Hall–Kier alpha value is -1.93. The second-order valence-corrected chi connectivity index (χ2v) is 14.2. The van der Waals surface area contributed by atoms with Crippen molar-refractivity contribution < 1.29 is 62.6 Å². The standard InChI is InChI=1S/C15H11F3IO7S/c16-15(17,27(20,21)22)19(18,9-1-3-11-13(5-9)25-7-23-11)10-2-4-12-14(6-10)26-8-24-12/h1-6H,7-8H2,(H,20,21,22)/q-1/p-1. The fraction of sp³-hybridized carbons (Fsp3) is 0.200. The van der Waals surface area contributed by atoms with Crippen LogP contribution in [0.5, 0.6) is 23.0 Å². The monoisotopic (exact) mass is 518 g/mol. The Morgan fingerprint density at radius 1 is 0.852 bits per heavy atom. The summed E-state index contributed by atoms with van der Waals surface area (Å²) in [6.45, 7) is -0.380. The molecule has 2 aromatic carbocycles. The maximum atomic E-state index is 16.1. The van der Waals surface area contributed by atoms with Crippen LogP contribution in [-0.4, -0.2) is 29.8 Å². The molecule has 0 saturated carbocycles. The zero-order chi connectivity index (χ0) is 19.4. The molecule has 0 aromatic heterocycles. The van der Waals surface area contributed by atoms with Crippen LogP contribution in [0, 0.1) is 7.14 Å². The third kappa shape index (κ3) is 2.69. The average molecular weight is 518 g/mol. The van der Waals surface area contributed by atoms with Crippen molar-refractivity contribution in [3.8, 4) is 23.0 Å². The Morgan fingerprint density at radius 3 is 1.67 bits per heavy atom. The van der Waals surface area contributed by atoms with E-state index in [2.05, 4.69) is 0 Å². The molecule has 0 radical (unpaired) electrons. The molecule has 0 bridgehead atoms. The van der Waals surface area contributed by atoms with Gasteiger partial charge in [-0.2, -0.15) is 0 Å². The third-order valence-electron chi connectivity index (χ3n) is 3.86. The fourth-order valence-corrected chi connectivity index (χ4v) is 11.2. The molecular weight excluding hydrogens is 508 g/mol. The van der Waals surface area contributed by atoms with Crippen molar-refractivity contribution in [1.82, 2.24) is 0 Å². The second kappa shape index (κ2) is 6.04. The average Bonchev–Trinajstić information content (AvgIpc) is 3.27. The number of hydrogen-bond donors (Lipinski definition) is 0. The molecule has 2 aliphatic heterocycles. The number of alkyl halides is 3. The van der Waals surface area contributed by atoms with E-state index < -0.39 is 39.5 Å². The van der Waals surface area contributed by atoms with Gasteiger partial charge in [-0.15, -0.1) is 0 Å². The van der Waals surface area contributed by atoms with E-state index in [1.807, 2.05) is 0 Å². The first-order valence-corrected chi connectivity index (χ1v) is 12.7. The van der Waals surface area contributed by atoms with E-state index in [1.54, 1.807) is 0 Å². The zero-order valence-corrected chi connectivity index (χ0v) is 16.1. The molecule has 0 unspecified atom stereocenters. The van der Waals surface area contributed by atoms with E-state index in [-0.39, 0.29) is 36.6 Å². The zero-order valence-electron chi connectivity index (χ0n) is 13.2. The van der Waals surface area contributed by atoms with E-state index >= 15 is 2.86 Å². The van der Waals surface area contributed by atoms with Gasteiger partial charge in [0.2, 0.25) is 0 Å². The van der Waals surface area contributed by atoms with Crippen molar-refractivity contribution in [2.24, 2.45) is 0 Å². The van der Waals surface area contributed by atoms with Gasteiger partial charge in [-0.1, -0.05) is 0 Å². The van der Waals surface area contributed by atoms with Crippen LogP contribution in [0.15, 0.2) is 36.4 Å². The summed E-state index contributed by atoms with van der Waals surface area (Å²) in [6.07, 6.45) is 0. The van der Waals surface area contributed by atoms with Crippen LogP contribution in [0.4, 0.5) is 11.6 Å². The summed E-state index contributed by atoms with van der Waals surface area (Å²) >= 11 is -6.53. The van der Waals surface area contributed by atoms with E-state index in [9.17, 15) is 21.8 Å². The number of hydrogen-bond acceptors (Lipinski definition) is 7. The number of benzene rings is 2. The minimum absolute atomic E-state index is 0.0158. The van der Waals surface area contributed by atoms with Gasteiger partial charge in [-0.25, -0.2) is 0 Å². The van der Waals surface area contributed by atoms with Crippen molar-refractivity contribution in [3.05, 3.63) is 43.5 Å². The van der Waals surface area contributed by atoms with E-state index in [0.29, 0.717) is 0 Å². The molecule has 0 amide bonds. The molecule has 0 fully saturated rings. The molecular formula is C15H10F3IO7S-2. The fourth-order valence-electron chi connectivity index (χ4n) is 2.57. The van der Waals surface area contributed by atoms with Gasteiger partial charge >= 0.3 is 156 Å². The van der Waals surface area contributed by atoms with E-state index in [1.165, 1.54) is 12.1 Å². The predicted octanol–water partition coefficient (Wildman–Crippen LogP) is -0.676. The first kappa shape index (κ1) is 18.4. The molecule has 2 heterocycles. The normalized spacial score (nSPS) is 16.4. The Kier molecular flexibility index (Phi) is 4.12. The van der Waals surface area contributed by atoms with Crippen LogP contribution in [0.2, 0.25) is 0 Å². The summed E-state index contributed by atoms with van der Waals surface area (Å²) in [7, 11) is -6.31. The van der Waals surface area contributed by atoms with Crippen molar-refractivity contribution in [2.45, 2.75) is 3.26 Å². The van der Waals surface area contributed by atoms with Crippen molar-refractivity contribution in [3.63, 3.8) is 0 Å². The summed E-state index contributed by atoms with van der Waals surface area (Å²) in [5.41, 5.74) is 0. The molecule has 12 heteroatoms. The number of rotatable bonds is 4. The van der Waals surface area contributed by atoms with Crippen LogP contribution in [0.1, 0.15) is 0 Å². The first-order chi connectivity index (χ1) is 12.6. The Balaban J connectivity index is 1.96. The molecule has 0 N–H and O–H groups in total. The van der Waals surface area contributed by atoms with Crippen LogP contribution >= 0.6 is 0 Å². The SMILES string of the molecule is O=S(=O)([O-])C(F)(F)[I-](F)(c1ccc2c(c1)OCO2)c1ccc2c(c1)OCO2. The molecule has 7 nitrogen and oxygen atoms in total. The van der Waals surface area contributed by atoms with Crippen LogP contribution in [0.3, 0.4) is 0 Å². The van der Waals surface area contributed by atoms with Crippen LogP contribution < -0.4 is 38.0 Å². The van der Waals surface area contributed by atoms with Gasteiger partial charge in [0.25, 0.3) is 0 Å². The van der Waals surface area contributed by atoms with Gasteiger partial charge < -0.3 is 0 Å². The molecule has 0 aliphatic carbocycles. The molecule has 0 saturated heterocycles. The molecule has 4 rings (SSSR count). The Morgan fingerprint density at radius 2 is 1.26 bits per heavy atom. The minimum atomic E-state index is -6.53. The van der Waals surface area contributed by atoms with E-state index in [4.69, 9.17) is 18.9 Å². The summed E-state index contributed by atoms with van der Waals surface area (Å²) in [6, 6.07) is 6.23. The molecule has 2 aliphatic rings. The van der Waals surface area contributed by atoms with Gasteiger partial charge in [-0.3, -0.25) is 0 Å². The molecule has 27 heavy (non-hydrogen) atoms. The van der Waals surface area contributed by atoms with Crippen molar-refractivity contribution in [2.75, 3.05) is 13.6 Å². The third-order valence-corrected chi connectivity index (χ3v) is 14.0. The van der Waals surface area contributed by atoms with E-state index in [0.717, 1.165) is 24.3 Å². The maximum absolute atomic E-state index is 16.1. The Labute approximate surface area is 156 Å². The van der Waals surface area contributed by atoms with Gasteiger partial charge in [0.1, 0.15) is 0 Å². The summed E-state index contributed by atoms with van der Waals surface area (Å²) in [5.74, 6) is 0.360. The topological polar surface area (TPSA) is 94.1 Å². The van der Waals surface area contributed by atoms with Gasteiger partial charge in [0.05, 0.1) is 0 Å². The second-order valence-electron chi connectivity index (χ2n) is 5.39. The number of halogens is 4. The summed E-state index contributed by atoms with van der Waals surface area (Å²) < 4.78 is 93.3. The quantitative estimate of drug-likeness (QED) is 0.301. The number of ether oxygens (including phenoxy) is 4. The van der Waals surface area contributed by atoms with Gasteiger partial charge in [0.15, 0.2) is 0 Å². The van der Waals surface area contributed by atoms with Gasteiger partial charge in [-0.05, 0) is 0 Å². The predicted molar refractivity (Wildman–Crippen MR) is 78.3 cm³/mol. The number of fused-ring (bicyclic) bond motifs is 2. The summed E-state index contributed by atoms with van der Waals surface area (Å²) in [4.78, 5) is 0. The molecule has 0 atom stereocenters. The Bertz CT molecular complexity index is 971. The van der Waals surface area contributed by atoms with Crippen LogP contribution in [-0.2, 0) is 10.1 Å². The van der Waals surface area contributed by atoms with Gasteiger partial charge in [0, 0.05) is 0 Å². The van der Waals surface area contributed by atoms with Crippen molar-refractivity contribution >= 4 is 10.1 Å². The van der Waals surface area contributed by atoms with Crippen LogP contribution in [0.25, 0.3) is 0 Å². The summed E-state index contributed by atoms with van der Waals surface area (Å²) in [5, 5.41) is 0.